The van der Waals surface area contributed by atoms with Crippen LogP contribution in [0.3, 0.4) is 0 Å². The second-order valence-electron chi connectivity index (χ2n) is 7.10. The third kappa shape index (κ3) is 2.44. The summed E-state index contributed by atoms with van der Waals surface area (Å²) in [6.45, 7) is 0. The van der Waals surface area contributed by atoms with Gasteiger partial charge in [-0.1, -0.05) is 0 Å². The molecule has 4 rings (SSSR count). The summed E-state index contributed by atoms with van der Waals surface area (Å²) >= 11 is 0. The van der Waals surface area contributed by atoms with Gasteiger partial charge >= 0.3 is 23.9 Å². The fraction of sp³-hybridized carbons (Fsp3) is 0.750. The Hall–Kier alpha value is -2.00. The van der Waals surface area contributed by atoms with E-state index in [0.717, 1.165) is 0 Å². The predicted octanol–water partition coefficient (Wildman–Crippen LogP) is -0.187. The number of aliphatic carboxylic acids is 2. The fourth-order valence-corrected chi connectivity index (χ4v) is 4.82. The number of hydrogen-bond acceptors (Lipinski definition) is 7. The molecule has 25 heavy (non-hydrogen) atoms. The standard InChI is InChI=1S/C16H18O9/c17-13(18)9-5-1-3-7(23-5)11(9)15(21)25-16(22)12-8-4-2-6(24-8)10(12)14(19)20/h5-12H,1-4H2,(H,17,18)(H,19,20)/t5-,6?,7+,8?,9-,10?,11+,12?/m0/s1. The molecule has 4 aliphatic heterocycles. The first-order valence-electron chi connectivity index (χ1n) is 8.40. The minimum atomic E-state index is -1.16. The molecule has 0 spiro atoms. The van der Waals surface area contributed by atoms with Crippen molar-refractivity contribution < 1.29 is 43.6 Å². The van der Waals surface area contributed by atoms with Crippen LogP contribution in [0.2, 0.25) is 0 Å². The van der Waals surface area contributed by atoms with Crippen LogP contribution in [0.4, 0.5) is 0 Å². The Bertz CT molecular complexity index is 590. The van der Waals surface area contributed by atoms with Gasteiger partial charge in [0.1, 0.15) is 0 Å². The number of fused-ring (bicyclic) bond motifs is 4. The Morgan fingerprint density at radius 1 is 0.640 bits per heavy atom. The van der Waals surface area contributed by atoms with Gasteiger partial charge in [-0.15, -0.1) is 0 Å². The van der Waals surface area contributed by atoms with Gasteiger partial charge in [-0.25, -0.2) is 0 Å². The number of carbonyl (C=O) groups excluding carboxylic acids is 2. The van der Waals surface area contributed by atoms with E-state index >= 15 is 0 Å². The van der Waals surface area contributed by atoms with Crippen LogP contribution >= 0.6 is 0 Å². The third-order valence-electron chi connectivity index (χ3n) is 5.86. The minimum absolute atomic E-state index is 0.539. The van der Waals surface area contributed by atoms with E-state index in [1.807, 2.05) is 0 Å². The van der Waals surface area contributed by atoms with E-state index in [4.69, 9.17) is 14.2 Å². The van der Waals surface area contributed by atoms with Crippen LogP contribution in [-0.4, -0.2) is 58.5 Å². The van der Waals surface area contributed by atoms with Crippen LogP contribution in [0.25, 0.3) is 0 Å². The highest BCUT2D eigenvalue weighted by atomic mass is 16.6. The molecule has 0 aliphatic carbocycles. The smallest absolute Gasteiger partial charge is 0.320 e. The van der Waals surface area contributed by atoms with Crippen molar-refractivity contribution in [1.82, 2.24) is 0 Å². The lowest BCUT2D eigenvalue weighted by molar-refractivity contribution is -0.173. The lowest BCUT2D eigenvalue weighted by Gasteiger charge is -2.25. The molecular weight excluding hydrogens is 336 g/mol. The van der Waals surface area contributed by atoms with E-state index in [9.17, 15) is 29.4 Å². The Labute approximate surface area is 142 Å². The van der Waals surface area contributed by atoms with Crippen molar-refractivity contribution in [1.29, 1.82) is 0 Å². The SMILES string of the molecule is O=C(O)C1C2CCC(O2)C1C(=O)OC(=O)[C@H]1[C@@H](C(=O)O)[C@@H]2CC[C@H]1O2. The number of carboxylic acid groups (broad SMARTS) is 2. The van der Waals surface area contributed by atoms with E-state index < -0.39 is 72.0 Å². The van der Waals surface area contributed by atoms with Gasteiger partial charge < -0.3 is 24.4 Å². The van der Waals surface area contributed by atoms with Crippen LogP contribution in [0.5, 0.6) is 0 Å². The van der Waals surface area contributed by atoms with Crippen LogP contribution in [0.15, 0.2) is 0 Å². The molecule has 0 saturated carbocycles. The average Bonchev–Trinajstić information content (AvgIpc) is 3.31. The summed E-state index contributed by atoms with van der Waals surface area (Å²) in [7, 11) is 0. The Balaban J connectivity index is 1.48. The lowest BCUT2D eigenvalue weighted by Crippen LogP contribution is -2.43. The largest absolute Gasteiger partial charge is 0.481 e. The molecule has 4 bridgehead atoms. The molecule has 4 unspecified atom stereocenters. The highest BCUT2D eigenvalue weighted by Crippen LogP contribution is 2.46. The molecule has 0 aromatic heterocycles. The fourth-order valence-electron chi connectivity index (χ4n) is 4.82. The summed E-state index contributed by atoms with van der Waals surface area (Å²) in [4.78, 5) is 47.7. The summed E-state index contributed by atoms with van der Waals surface area (Å²) in [5.74, 6) is -8.36. The highest BCUT2D eigenvalue weighted by molar-refractivity contribution is 5.93. The van der Waals surface area contributed by atoms with E-state index in [1.165, 1.54) is 0 Å². The van der Waals surface area contributed by atoms with Crippen LogP contribution in [-0.2, 0) is 33.4 Å². The maximum atomic E-state index is 12.4. The highest BCUT2D eigenvalue weighted by Gasteiger charge is 2.59. The predicted molar refractivity (Wildman–Crippen MR) is 76.1 cm³/mol. The molecule has 4 fully saturated rings. The molecule has 0 amide bonds. The van der Waals surface area contributed by atoms with E-state index in [0.29, 0.717) is 25.7 Å². The summed E-state index contributed by atoms with van der Waals surface area (Å²) in [5, 5.41) is 18.7. The molecule has 0 aromatic rings. The van der Waals surface area contributed by atoms with Gasteiger partial charge in [0.2, 0.25) is 0 Å². The number of esters is 2. The molecule has 4 saturated heterocycles. The Kier molecular flexibility index (Phi) is 3.80. The van der Waals surface area contributed by atoms with Crippen LogP contribution in [0, 0.1) is 23.7 Å². The third-order valence-corrected chi connectivity index (χ3v) is 5.86. The van der Waals surface area contributed by atoms with Crippen LogP contribution < -0.4 is 0 Å². The van der Waals surface area contributed by atoms with Gasteiger partial charge in [0.25, 0.3) is 0 Å². The first kappa shape index (κ1) is 16.5. The second-order valence-corrected chi connectivity index (χ2v) is 7.10. The molecular formula is C16H18O9. The second kappa shape index (κ2) is 5.77. The summed E-state index contributed by atoms with van der Waals surface area (Å²) in [6.07, 6.45) is -0.0489. The lowest BCUT2D eigenvalue weighted by atomic mass is 9.78. The Morgan fingerprint density at radius 3 is 1.28 bits per heavy atom. The van der Waals surface area contributed by atoms with Crippen molar-refractivity contribution in [2.24, 2.45) is 23.7 Å². The number of carbonyl (C=O) groups is 4. The molecule has 0 radical (unpaired) electrons. The maximum absolute atomic E-state index is 12.4. The van der Waals surface area contributed by atoms with Crippen molar-refractivity contribution in [3.8, 4) is 0 Å². The normalized spacial score (nSPS) is 44.0. The maximum Gasteiger partial charge on any atom is 0.320 e. The van der Waals surface area contributed by atoms with Gasteiger partial charge in [-0.05, 0) is 25.7 Å². The van der Waals surface area contributed by atoms with Crippen molar-refractivity contribution in [3.05, 3.63) is 0 Å². The van der Waals surface area contributed by atoms with Gasteiger partial charge in [-0.3, -0.25) is 19.2 Å². The average molecular weight is 354 g/mol. The van der Waals surface area contributed by atoms with Gasteiger partial charge in [0.05, 0.1) is 48.1 Å². The molecule has 2 N–H and O–H groups in total. The number of rotatable bonds is 4. The Morgan fingerprint density at radius 2 is 0.960 bits per heavy atom. The zero-order chi connectivity index (χ0) is 17.9. The molecule has 4 aliphatic rings. The molecule has 136 valence electrons. The monoisotopic (exact) mass is 354 g/mol. The van der Waals surface area contributed by atoms with Crippen molar-refractivity contribution >= 4 is 23.9 Å². The van der Waals surface area contributed by atoms with E-state index in [2.05, 4.69) is 0 Å². The summed E-state index contributed by atoms with van der Waals surface area (Å²) in [5.41, 5.74) is 0. The molecule has 4 heterocycles. The van der Waals surface area contributed by atoms with Crippen LogP contribution in [0.1, 0.15) is 25.7 Å². The zero-order valence-corrected chi connectivity index (χ0v) is 13.2. The first-order valence-corrected chi connectivity index (χ1v) is 8.40. The number of ether oxygens (including phenoxy) is 3. The summed E-state index contributed by atoms with van der Waals surface area (Å²) < 4.78 is 15.9. The van der Waals surface area contributed by atoms with Gasteiger partial charge in [0, 0.05) is 0 Å². The quantitative estimate of drug-likeness (QED) is 0.520. The van der Waals surface area contributed by atoms with Crippen molar-refractivity contribution in [2.75, 3.05) is 0 Å². The summed E-state index contributed by atoms with van der Waals surface area (Å²) in [6, 6.07) is 0. The minimum Gasteiger partial charge on any atom is -0.481 e. The molecule has 8 atom stereocenters. The molecule has 9 heteroatoms. The van der Waals surface area contributed by atoms with E-state index in [1.54, 1.807) is 0 Å². The van der Waals surface area contributed by atoms with Gasteiger partial charge in [-0.2, -0.15) is 0 Å². The number of hydrogen-bond donors (Lipinski definition) is 2. The van der Waals surface area contributed by atoms with E-state index in [-0.39, 0.29) is 0 Å². The first-order chi connectivity index (χ1) is 11.9. The number of carboxylic acids is 2. The zero-order valence-electron chi connectivity index (χ0n) is 13.2. The van der Waals surface area contributed by atoms with Gasteiger partial charge in [0.15, 0.2) is 0 Å². The topological polar surface area (TPSA) is 136 Å². The molecule has 9 nitrogen and oxygen atoms in total. The molecule has 0 aromatic carbocycles. The van der Waals surface area contributed by atoms with Crippen molar-refractivity contribution in [3.63, 3.8) is 0 Å². The van der Waals surface area contributed by atoms with Crippen molar-refractivity contribution in [2.45, 2.75) is 50.1 Å².